The fourth-order valence-electron chi connectivity index (χ4n) is 8.83. The number of ketones is 2. The number of carbonyl (C=O) groups excluding carboxylic acids is 3. The lowest BCUT2D eigenvalue weighted by Gasteiger charge is -2.45. The number of ether oxygens (including phenoxy) is 5. The van der Waals surface area contributed by atoms with Gasteiger partial charge in [0.25, 0.3) is 5.91 Å². The third-order valence-corrected chi connectivity index (χ3v) is 12.2. The third-order valence-electron chi connectivity index (χ3n) is 12.2. The molecule has 2 fully saturated rings. The highest BCUT2D eigenvalue weighted by atomic mass is 16.7. The Balaban J connectivity index is 1.24. The second-order valence-electron chi connectivity index (χ2n) is 16.3. The van der Waals surface area contributed by atoms with Gasteiger partial charge in [-0.3, -0.25) is 14.4 Å². The lowest BCUT2D eigenvalue weighted by molar-refractivity contribution is -0.353. The van der Waals surface area contributed by atoms with E-state index in [0.717, 1.165) is 12.1 Å². The number of benzene rings is 4. The van der Waals surface area contributed by atoms with Crippen molar-refractivity contribution in [3.05, 3.63) is 105 Å². The van der Waals surface area contributed by atoms with Crippen molar-refractivity contribution in [2.45, 2.75) is 93.8 Å². The summed E-state index contributed by atoms with van der Waals surface area (Å²) in [5.41, 5.74) is -3.16. The van der Waals surface area contributed by atoms with Gasteiger partial charge in [-0.1, -0.05) is 36.4 Å². The summed E-state index contributed by atoms with van der Waals surface area (Å²) in [6, 6.07) is 11.5. The molecule has 1 amide bonds. The molecule has 20 heteroatoms. The number of phenols is 3. The molecule has 2 heterocycles. The van der Waals surface area contributed by atoms with Crippen molar-refractivity contribution < 1.29 is 93.9 Å². The standard InChI is InChI=1S/C45H45NO19/c1-15-9-22-29(36(54)26(15)42(58)46-23(43(59)60)10-17-7-5-4-6-8-17)28-20(13-21-30(37(28)55)33(51)19-11-18(61-3)12-24(47)27(19)32(21)50)34(52)40(22)64-45-39(57)41(31(49)16(2)63-45)65-44-38(56)35(53)25(48)14-62-44/h4-9,11-13,16,23,25,31,34-35,38-41,44-45,47-49,52-57H,10,14H2,1-3H3,(H,46,58)(H,59,60)/t16-,23-,25-,31+,34+,35+,38-,39-,40+,41+,44+,45+/m1/s1. The van der Waals surface area contributed by atoms with Gasteiger partial charge in [-0.15, -0.1) is 0 Å². The van der Waals surface area contributed by atoms with E-state index in [1.807, 2.05) is 0 Å². The molecule has 65 heavy (non-hydrogen) atoms. The van der Waals surface area contributed by atoms with Crippen LogP contribution in [0.15, 0.2) is 54.6 Å². The molecule has 0 unspecified atom stereocenters. The number of nitrogens with one attached hydrogen (secondary N) is 1. The molecule has 12 atom stereocenters. The summed E-state index contributed by atoms with van der Waals surface area (Å²) in [6.07, 6.45) is -18.9. The van der Waals surface area contributed by atoms with Crippen LogP contribution in [0.1, 0.15) is 83.6 Å². The van der Waals surface area contributed by atoms with Crippen molar-refractivity contribution in [3.8, 4) is 34.1 Å². The van der Waals surface area contributed by atoms with Crippen LogP contribution in [0, 0.1) is 6.92 Å². The van der Waals surface area contributed by atoms with Crippen LogP contribution in [0.2, 0.25) is 0 Å². The van der Waals surface area contributed by atoms with Crippen LogP contribution in [-0.4, -0.2) is 150 Å². The van der Waals surface area contributed by atoms with Crippen molar-refractivity contribution >= 4 is 23.4 Å². The Labute approximate surface area is 368 Å². The molecule has 20 nitrogen and oxygen atoms in total. The number of aliphatic hydroxyl groups is 6. The molecule has 2 aliphatic heterocycles. The first-order chi connectivity index (χ1) is 30.8. The van der Waals surface area contributed by atoms with Crippen molar-refractivity contribution in [3.63, 3.8) is 0 Å². The van der Waals surface area contributed by atoms with Gasteiger partial charge in [0.05, 0.1) is 36.5 Å². The van der Waals surface area contributed by atoms with Gasteiger partial charge in [-0.25, -0.2) is 4.79 Å². The lowest BCUT2D eigenvalue weighted by atomic mass is 9.74. The predicted molar refractivity (Wildman–Crippen MR) is 218 cm³/mol. The first kappa shape index (κ1) is 45.5. The van der Waals surface area contributed by atoms with Gasteiger partial charge < -0.3 is 80.1 Å². The summed E-state index contributed by atoms with van der Waals surface area (Å²) in [5, 5.41) is 113. The number of carboxylic acids is 1. The zero-order valence-electron chi connectivity index (χ0n) is 34.7. The van der Waals surface area contributed by atoms with E-state index in [9.17, 15) is 70.2 Å². The van der Waals surface area contributed by atoms with Crippen LogP contribution in [0.3, 0.4) is 0 Å². The smallest absolute Gasteiger partial charge is 0.326 e. The number of aliphatic carboxylic acids is 1. The number of hydrogen-bond donors (Lipinski definition) is 11. The third kappa shape index (κ3) is 7.76. The second kappa shape index (κ2) is 17.4. The Morgan fingerprint density at radius 3 is 2.12 bits per heavy atom. The Hall–Kier alpha value is -6.04. The quantitative estimate of drug-likeness (QED) is 0.0903. The number of methoxy groups -OCH3 is 1. The summed E-state index contributed by atoms with van der Waals surface area (Å²) in [5.74, 6) is -6.83. The van der Waals surface area contributed by atoms with Gasteiger partial charge in [0.2, 0.25) is 0 Å². The molecule has 2 aliphatic carbocycles. The number of aromatic hydroxyl groups is 3. The minimum Gasteiger partial charge on any atom is -0.507 e. The summed E-state index contributed by atoms with van der Waals surface area (Å²) in [6.45, 7) is 2.27. The molecule has 0 bridgehead atoms. The Morgan fingerprint density at radius 1 is 0.785 bits per heavy atom. The number of phenolic OH excluding ortho intramolecular Hbond substituents is 3. The molecule has 8 rings (SSSR count). The van der Waals surface area contributed by atoms with E-state index in [1.54, 1.807) is 30.3 Å². The molecule has 4 aromatic carbocycles. The maximum atomic E-state index is 14.2. The summed E-state index contributed by atoms with van der Waals surface area (Å²) < 4.78 is 28.3. The minimum absolute atomic E-state index is 0.000178. The van der Waals surface area contributed by atoms with E-state index in [-0.39, 0.29) is 34.4 Å². The number of fused-ring (bicyclic) bond motifs is 5. The zero-order chi connectivity index (χ0) is 46.9. The highest BCUT2D eigenvalue weighted by Crippen LogP contribution is 2.57. The Morgan fingerprint density at radius 2 is 1.45 bits per heavy atom. The number of rotatable bonds is 10. The molecule has 0 radical (unpaired) electrons. The van der Waals surface area contributed by atoms with Crippen LogP contribution in [0.25, 0.3) is 11.1 Å². The number of hydrogen-bond acceptors (Lipinski definition) is 18. The Kier molecular flexibility index (Phi) is 12.2. The summed E-state index contributed by atoms with van der Waals surface area (Å²) in [7, 11) is 1.26. The van der Waals surface area contributed by atoms with E-state index in [0.29, 0.717) is 5.56 Å². The van der Waals surface area contributed by atoms with Crippen molar-refractivity contribution in [2.75, 3.05) is 13.7 Å². The maximum Gasteiger partial charge on any atom is 0.326 e. The van der Waals surface area contributed by atoms with E-state index in [2.05, 4.69) is 5.32 Å². The van der Waals surface area contributed by atoms with E-state index >= 15 is 0 Å². The first-order valence-corrected chi connectivity index (χ1v) is 20.3. The number of amides is 1. The van der Waals surface area contributed by atoms with E-state index < -0.39 is 154 Å². The SMILES string of the molecule is COc1cc(O)c2c(c1)C(=O)c1c(cc3c(c1O)-c1c(cc(C)c(C(=O)N[C@H](Cc4ccccc4)C(=O)O)c1O)[C@H](O[C@@H]1O[C@H](C)[C@H](O)[C@H](O[C@@H]4OC[C@@H](O)[C@H](O)[C@H]4O)[C@H]1O)[C@H]3O)C2=O. The maximum absolute atomic E-state index is 14.2. The predicted octanol–water partition coefficient (Wildman–Crippen LogP) is 0.384. The van der Waals surface area contributed by atoms with Gasteiger partial charge in [-0.2, -0.15) is 0 Å². The molecule has 4 aromatic rings. The van der Waals surface area contributed by atoms with Gasteiger partial charge in [0.1, 0.15) is 77.9 Å². The monoisotopic (exact) mass is 903 g/mol. The van der Waals surface area contributed by atoms with Crippen LogP contribution in [0.4, 0.5) is 0 Å². The second-order valence-corrected chi connectivity index (χ2v) is 16.3. The van der Waals surface area contributed by atoms with Crippen LogP contribution in [0.5, 0.6) is 23.0 Å². The topological polar surface area (TPSA) is 329 Å². The van der Waals surface area contributed by atoms with Crippen LogP contribution >= 0.6 is 0 Å². The minimum atomic E-state index is -1.97. The molecule has 2 saturated heterocycles. The van der Waals surface area contributed by atoms with Crippen LogP contribution in [-0.2, 0) is 30.2 Å². The molecular weight excluding hydrogens is 858 g/mol. The van der Waals surface area contributed by atoms with E-state index in [1.165, 1.54) is 33.1 Å². The fourth-order valence-corrected chi connectivity index (χ4v) is 8.83. The molecule has 4 aliphatic rings. The molecule has 0 spiro atoms. The van der Waals surface area contributed by atoms with Crippen molar-refractivity contribution in [2.24, 2.45) is 0 Å². The van der Waals surface area contributed by atoms with Crippen molar-refractivity contribution in [1.82, 2.24) is 5.32 Å². The van der Waals surface area contributed by atoms with Gasteiger partial charge in [0.15, 0.2) is 24.1 Å². The summed E-state index contributed by atoms with van der Waals surface area (Å²) >= 11 is 0. The molecule has 344 valence electrons. The molecule has 0 saturated carbocycles. The average Bonchev–Trinajstić information content (AvgIpc) is 3.26. The number of carboxylic acid groups (broad SMARTS) is 1. The fraction of sp³-hybridized carbons (Fsp3) is 0.378. The van der Waals surface area contributed by atoms with Crippen molar-refractivity contribution in [1.29, 1.82) is 0 Å². The van der Waals surface area contributed by atoms with Gasteiger partial charge in [0, 0.05) is 34.7 Å². The highest BCUT2D eigenvalue weighted by Gasteiger charge is 2.51. The van der Waals surface area contributed by atoms with Gasteiger partial charge >= 0.3 is 5.97 Å². The normalized spacial score (nSPS) is 28.6. The van der Waals surface area contributed by atoms with Crippen LogP contribution < -0.4 is 10.1 Å². The first-order valence-electron chi connectivity index (χ1n) is 20.3. The number of aliphatic hydroxyl groups excluding tert-OH is 6. The molecular formula is C45H45NO19. The Bertz CT molecular complexity index is 2580. The van der Waals surface area contributed by atoms with Gasteiger partial charge in [-0.05, 0) is 48.2 Å². The average molecular weight is 904 g/mol. The number of carbonyl (C=O) groups is 4. The summed E-state index contributed by atoms with van der Waals surface area (Å²) in [4.78, 5) is 54.8. The highest BCUT2D eigenvalue weighted by molar-refractivity contribution is 6.31. The number of aryl methyl sites for hydroxylation is 1. The molecule has 11 N–H and O–H groups in total. The lowest BCUT2D eigenvalue weighted by Crippen LogP contribution is -2.62. The zero-order valence-corrected chi connectivity index (χ0v) is 34.7. The van der Waals surface area contributed by atoms with E-state index in [4.69, 9.17) is 23.7 Å². The molecule has 0 aromatic heterocycles. The largest absolute Gasteiger partial charge is 0.507 e.